The monoisotopic (exact) mass is 667 g/mol. The normalized spacial score (nSPS) is 18.0. The number of rotatable bonds is 8. The van der Waals surface area contributed by atoms with E-state index < -0.39 is 39.9 Å². The van der Waals surface area contributed by atoms with Crippen LogP contribution in [0.3, 0.4) is 0 Å². The van der Waals surface area contributed by atoms with Crippen LogP contribution in [0.2, 0.25) is 0 Å². The molecule has 0 spiro atoms. The molecule has 3 aromatic rings. The quantitative estimate of drug-likeness (QED) is 0.319. The average Bonchev–Trinajstić information content (AvgIpc) is 3.35. The minimum atomic E-state index is -4.51. The molecule has 0 saturated carbocycles. The van der Waals surface area contributed by atoms with Crippen LogP contribution in [0.15, 0.2) is 51.9 Å². The van der Waals surface area contributed by atoms with Gasteiger partial charge in [-0.05, 0) is 63.2 Å². The number of carbonyl (C=O) groups is 2. The summed E-state index contributed by atoms with van der Waals surface area (Å²) in [5, 5.41) is 16.1. The van der Waals surface area contributed by atoms with Crippen LogP contribution >= 0.6 is 0 Å². The van der Waals surface area contributed by atoms with E-state index >= 15 is 0 Å². The van der Waals surface area contributed by atoms with Crippen LogP contribution in [-0.4, -0.2) is 79.3 Å². The molecular formula is C30H36F3N5O7S. The summed E-state index contributed by atoms with van der Waals surface area (Å²) in [4.78, 5) is 29.2. The van der Waals surface area contributed by atoms with Gasteiger partial charge in [0, 0.05) is 36.4 Å². The number of amides is 3. The topological polar surface area (TPSA) is 154 Å². The van der Waals surface area contributed by atoms with Crippen molar-refractivity contribution in [3.8, 4) is 5.75 Å². The average molecular weight is 668 g/mol. The number of aliphatic hydroxyl groups is 1. The molecule has 3 atom stereocenters. The molecule has 0 saturated heterocycles. The number of ether oxygens (including phenoxy) is 1. The summed E-state index contributed by atoms with van der Waals surface area (Å²) >= 11 is 0. The molecule has 3 amide bonds. The number of fused-ring (bicyclic) bond motifs is 1. The Kier molecular flexibility index (Phi) is 10.2. The molecule has 46 heavy (non-hydrogen) atoms. The number of aliphatic hydroxyl groups excluding tert-OH is 1. The van der Waals surface area contributed by atoms with E-state index in [1.807, 2.05) is 6.92 Å². The summed E-state index contributed by atoms with van der Waals surface area (Å²) in [5.74, 6) is -0.273. The molecule has 1 aliphatic rings. The van der Waals surface area contributed by atoms with Gasteiger partial charge in [-0.1, -0.05) is 12.1 Å². The number of anilines is 2. The molecule has 12 nitrogen and oxygen atoms in total. The molecule has 2 aromatic carbocycles. The molecule has 250 valence electrons. The minimum absolute atomic E-state index is 0.0169. The van der Waals surface area contributed by atoms with Gasteiger partial charge in [0.05, 0.1) is 31.2 Å². The first-order chi connectivity index (χ1) is 21.5. The lowest BCUT2D eigenvalue weighted by Gasteiger charge is -2.34. The zero-order chi connectivity index (χ0) is 34.0. The summed E-state index contributed by atoms with van der Waals surface area (Å²) in [6, 6.07) is 7.39. The van der Waals surface area contributed by atoms with Crippen molar-refractivity contribution in [1.82, 2.24) is 15.0 Å². The molecule has 0 bridgehead atoms. The predicted molar refractivity (Wildman–Crippen MR) is 162 cm³/mol. The van der Waals surface area contributed by atoms with Crippen LogP contribution in [0.4, 0.5) is 29.3 Å². The maximum Gasteiger partial charge on any atom is 0.416 e. The summed E-state index contributed by atoms with van der Waals surface area (Å²) in [6.45, 7) is 6.39. The second-order valence-corrected chi connectivity index (χ2v) is 13.0. The van der Waals surface area contributed by atoms with Crippen molar-refractivity contribution < 1.29 is 45.5 Å². The Balaban J connectivity index is 1.60. The van der Waals surface area contributed by atoms with Crippen LogP contribution < -0.4 is 14.8 Å². The van der Waals surface area contributed by atoms with Crippen molar-refractivity contribution in [2.24, 2.45) is 5.92 Å². The number of benzene rings is 2. The van der Waals surface area contributed by atoms with Crippen molar-refractivity contribution >= 4 is 33.3 Å². The first-order valence-electron chi connectivity index (χ1n) is 14.3. The zero-order valence-corrected chi connectivity index (χ0v) is 26.7. The molecule has 0 unspecified atom stereocenters. The molecule has 0 radical (unpaired) electrons. The Morgan fingerprint density at radius 3 is 2.41 bits per heavy atom. The lowest BCUT2D eigenvalue weighted by molar-refractivity contribution is -0.137. The molecule has 4 rings (SSSR count). The van der Waals surface area contributed by atoms with Gasteiger partial charge >= 0.3 is 12.2 Å². The zero-order valence-electron chi connectivity index (χ0n) is 25.9. The maximum absolute atomic E-state index is 13.5. The van der Waals surface area contributed by atoms with E-state index in [4.69, 9.17) is 9.26 Å². The number of aromatic nitrogens is 1. The third-order valence-electron chi connectivity index (χ3n) is 7.67. The molecule has 2 heterocycles. The van der Waals surface area contributed by atoms with E-state index in [-0.39, 0.29) is 65.7 Å². The number of halogens is 3. The minimum Gasteiger partial charge on any atom is -0.488 e. The number of urea groups is 1. The van der Waals surface area contributed by atoms with Gasteiger partial charge in [0.2, 0.25) is 5.91 Å². The molecule has 0 aliphatic carbocycles. The molecule has 3 N–H and O–H groups in total. The molecular weight excluding hydrogens is 631 g/mol. The van der Waals surface area contributed by atoms with E-state index in [0.29, 0.717) is 11.3 Å². The van der Waals surface area contributed by atoms with Crippen molar-refractivity contribution in [2.45, 2.75) is 57.3 Å². The van der Waals surface area contributed by atoms with E-state index in [0.717, 1.165) is 24.3 Å². The Morgan fingerprint density at radius 1 is 1.17 bits per heavy atom. The summed E-state index contributed by atoms with van der Waals surface area (Å²) < 4.78 is 78.9. The number of nitrogens with one attached hydrogen (secondary N) is 2. The molecule has 1 aliphatic heterocycles. The third-order valence-corrected chi connectivity index (χ3v) is 9.29. The highest BCUT2D eigenvalue weighted by atomic mass is 32.2. The first-order valence-corrected chi connectivity index (χ1v) is 15.8. The highest BCUT2D eigenvalue weighted by Crippen LogP contribution is 2.32. The Hall–Kier alpha value is -4.31. The Bertz CT molecular complexity index is 1660. The van der Waals surface area contributed by atoms with Gasteiger partial charge in [-0.25, -0.2) is 13.2 Å². The van der Waals surface area contributed by atoms with E-state index in [1.165, 1.54) is 48.9 Å². The second-order valence-electron chi connectivity index (χ2n) is 11.4. The van der Waals surface area contributed by atoms with Crippen LogP contribution in [0.25, 0.3) is 0 Å². The van der Waals surface area contributed by atoms with Crippen molar-refractivity contribution in [1.29, 1.82) is 0 Å². The highest BCUT2D eigenvalue weighted by Gasteiger charge is 2.33. The number of hydrogen-bond acceptors (Lipinski definition) is 8. The van der Waals surface area contributed by atoms with Gasteiger partial charge in [0.1, 0.15) is 17.5 Å². The molecule has 1 aromatic heterocycles. The number of aryl methyl sites for hydroxylation is 2. The van der Waals surface area contributed by atoms with E-state index in [9.17, 15) is 36.3 Å². The van der Waals surface area contributed by atoms with E-state index in [1.54, 1.807) is 6.92 Å². The van der Waals surface area contributed by atoms with Gasteiger partial charge in [-0.3, -0.25) is 9.52 Å². The maximum atomic E-state index is 13.5. The molecule has 16 heteroatoms. The smallest absolute Gasteiger partial charge is 0.416 e. The van der Waals surface area contributed by atoms with Gasteiger partial charge in [0.15, 0.2) is 10.7 Å². The summed E-state index contributed by atoms with van der Waals surface area (Å²) in [7, 11) is -2.59. The number of nitrogens with zero attached hydrogens (tertiary/aromatic N) is 3. The van der Waals surface area contributed by atoms with Crippen LogP contribution in [0, 0.1) is 19.8 Å². The van der Waals surface area contributed by atoms with Crippen molar-refractivity contribution in [2.75, 3.05) is 36.8 Å². The standard InChI is InChI=1S/C30H36F3N5O7S/c1-17-14-38(18(2)16-39)27(40)13-21-12-24(36-46(42,43)28-19(3)35-45-20(28)4)10-11-25(21)44-26(17)15-37(5)29(41)34-23-8-6-22(7-9-23)30(31,32)33/h6-12,17-18,26,36,39H,13-16H2,1-5H3,(H,34,41)/t17-,18-,26-/m1/s1. The number of hydrogen-bond donors (Lipinski definition) is 3. The molecule has 0 fully saturated rings. The van der Waals surface area contributed by atoms with Crippen LogP contribution in [0.5, 0.6) is 5.75 Å². The number of alkyl halides is 3. The largest absolute Gasteiger partial charge is 0.488 e. The Morgan fingerprint density at radius 2 is 1.83 bits per heavy atom. The van der Waals surface area contributed by atoms with Crippen molar-refractivity contribution in [3.63, 3.8) is 0 Å². The number of carbonyl (C=O) groups excluding carboxylic acids is 2. The SMILES string of the molecule is Cc1noc(C)c1S(=O)(=O)Nc1ccc2c(c1)CC(=O)N([C@H](C)CO)C[C@@H](C)[C@@H](CN(C)C(=O)Nc1ccc(C(F)(F)F)cc1)O2. The fourth-order valence-electron chi connectivity index (χ4n) is 5.09. The van der Waals surface area contributed by atoms with Crippen LogP contribution in [-0.2, 0) is 27.4 Å². The summed E-state index contributed by atoms with van der Waals surface area (Å²) in [5.41, 5.74) is 0.0342. The fourth-order valence-corrected chi connectivity index (χ4v) is 6.47. The van der Waals surface area contributed by atoms with Gasteiger partial charge in [-0.15, -0.1) is 0 Å². The predicted octanol–water partition coefficient (Wildman–Crippen LogP) is 4.42. The second kappa shape index (κ2) is 13.6. The van der Waals surface area contributed by atoms with Gasteiger partial charge in [-0.2, -0.15) is 13.2 Å². The highest BCUT2D eigenvalue weighted by molar-refractivity contribution is 7.92. The summed E-state index contributed by atoms with van der Waals surface area (Å²) in [6.07, 6.45) is -5.36. The van der Waals surface area contributed by atoms with Gasteiger partial charge in [0.25, 0.3) is 10.0 Å². The van der Waals surface area contributed by atoms with Crippen LogP contribution in [0.1, 0.15) is 36.4 Å². The fraction of sp³-hybridized carbons (Fsp3) is 0.433. The lowest BCUT2D eigenvalue weighted by atomic mass is 10.0. The number of likely N-dealkylation sites (N-methyl/N-ethyl adjacent to an activating group) is 1. The van der Waals surface area contributed by atoms with Crippen molar-refractivity contribution in [3.05, 3.63) is 65.0 Å². The Labute approximate surface area is 264 Å². The van der Waals surface area contributed by atoms with E-state index in [2.05, 4.69) is 15.2 Å². The number of sulfonamides is 1. The lowest BCUT2D eigenvalue weighted by Crippen LogP contribution is -2.48. The van der Waals surface area contributed by atoms with Gasteiger partial charge < -0.3 is 29.5 Å². The third kappa shape index (κ3) is 7.91. The first kappa shape index (κ1) is 34.6.